The van der Waals surface area contributed by atoms with Gasteiger partial charge in [0.1, 0.15) is 6.61 Å². The predicted molar refractivity (Wildman–Crippen MR) is 84.8 cm³/mol. The second-order valence-electron chi connectivity index (χ2n) is 4.46. The van der Waals surface area contributed by atoms with E-state index in [4.69, 9.17) is 32.4 Å². The van der Waals surface area contributed by atoms with E-state index >= 15 is 0 Å². The third-order valence-corrected chi connectivity index (χ3v) is 3.96. The smallest absolute Gasteiger partial charge is 0.281 e. The zero-order valence-electron chi connectivity index (χ0n) is 12.4. The molecule has 0 bridgehead atoms. The maximum Gasteiger partial charge on any atom is 0.281 e. The van der Waals surface area contributed by atoms with Crippen LogP contribution in [-0.2, 0) is 9.59 Å². The standard InChI is InChI=1S/C14H10Cl2N2O6S/c1-6-17-18-14(24-6)25-10(13(21)22)4-7-2-8(15)12(9(16)3-7)23-5-11(19)20/h2-4H,5H2,1H3,(H,19,20)(H,21,22)/p-2/b10-4-. The Balaban J connectivity index is 2.30. The highest BCUT2D eigenvalue weighted by Gasteiger charge is 2.12. The molecule has 0 spiro atoms. The molecule has 0 N–H and O–H groups in total. The second kappa shape index (κ2) is 8.24. The Morgan fingerprint density at radius 2 is 1.92 bits per heavy atom. The molecule has 2 rings (SSSR count). The number of aromatic nitrogens is 2. The number of benzene rings is 1. The van der Waals surface area contributed by atoms with Crippen LogP contribution in [0.4, 0.5) is 0 Å². The molecule has 0 aliphatic heterocycles. The van der Waals surface area contributed by atoms with E-state index < -0.39 is 18.5 Å². The van der Waals surface area contributed by atoms with Gasteiger partial charge in [0.25, 0.3) is 5.22 Å². The number of rotatable bonds is 7. The van der Waals surface area contributed by atoms with Crippen molar-refractivity contribution in [1.29, 1.82) is 0 Å². The van der Waals surface area contributed by atoms with Gasteiger partial charge in [-0.3, -0.25) is 0 Å². The van der Waals surface area contributed by atoms with Crippen LogP contribution in [0.2, 0.25) is 10.0 Å². The number of halogens is 2. The molecule has 8 nitrogen and oxygen atoms in total. The molecule has 0 fully saturated rings. The van der Waals surface area contributed by atoms with Gasteiger partial charge in [0.05, 0.1) is 22.0 Å². The number of carbonyl (C=O) groups excluding carboxylic acids is 2. The molecule has 11 heteroatoms. The van der Waals surface area contributed by atoms with Crippen molar-refractivity contribution in [3.8, 4) is 5.75 Å². The Labute approximate surface area is 155 Å². The maximum absolute atomic E-state index is 11.3. The predicted octanol–water partition coefficient (Wildman–Crippen LogP) is 0.697. The van der Waals surface area contributed by atoms with Crippen molar-refractivity contribution in [1.82, 2.24) is 10.2 Å². The molecule has 1 heterocycles. The van der Waals surface area contributed by atoms with E-state index in [0.717, 1.165) is 0 Å². The maximum atomic E-state index is 11.3. The Morgan fingerprint density at radius 1 is 1.28 bits per heavy atom. The van der Waals surface area contributed by atoms with Crippen molar-refractivity contribution in [2.75, 3.05) is 6.61 Å². The van der Waals surface area contributed by atoms with Crippen molar-refractivity contribution in [2.24, 2.45) is 0 Å². The first kappa shape index (κ1) is 19.1. The van der Waals surface area contributed by atoms with E-state index in [-0.39, 0.29) is 31.8 Å². The Morgan fingerprint density at radius 3 is 2.40 bits per heavy atom. The SMILES string of the molecule is Cc1nnc(S/C(=C\c2cc(Cl)c(OCC(=O)[O-])c(Cl)c2)C(=O)[O-])o1. The van der Waals surface area contributed by atoms with Gasteiger partial charge in [0.2, 0.25) is 5.89 Å². The van der Waals surface area contributed by atoms with Crippen LogP contribution in [0.1, 0.15) is 11.5 Å². The van der Waals surface area contributed by atoms with Gasteiger partial charge in [-0.05, 0) is 35.5 Å². The number of thioether (sulfide) groups is 1. The number of hydrogen-bond acceptors (Lipinski definition) is 9. The summed E-state index contributed by atoms with van der Waals surface area (Å²) >= 11 is 12.7. The van der Waals surface area contributed by atoms with E-state index in [1.165, 1.54) is 18.2 Å². The summed E-state index contributed by atoms with van der Waals surface area (Å²) in [6.45, 7) is 0.829. The normalized spacial score (nSPS) is 11.4. The summed E-state index contributed by atoms with van der Waals surface area (Å²) in [7, 11) is 0. The van der Waals surface area contributed by atoms with E-state index in [1.807, 2.05) is 0 Å². The molecule has 0 unspecified atom stereocenters. The summed E-state index contributed by atoms with van der Waals surface area (Å²) in [4.78, 5) is 21.5. The lowest BCUT2D eigenvalue weighted by atomic mass is 10.2. The first-order valence-electron chi connectivity index (χ1n) is 6.49. The van der Waals surface area contributed by atoms with Crippen LogP contribution >= 0.6 is 35.0 Å². The van der Waals surface area contributed by atoms with Gasteiger partial charge in [-0.15, -0.1) is 10.2 Å². The summed E-state index contributed by atoms with van der Waals surface area (Å²) in [6.07, 6.45) is 1.24. The number of ether oxygens (including phenoxy) is 1. The van der Waals surface area contributed by atoms with Crippen molar-refractivity contribution >= 4 is 53.0 Å². The van der Waals surface area contributed by atoms with Gasteiger partial charge >= 0.3 is 0 Å². The topological polar surface area (TPSA) is 128 Å². The number of carboxylic acids is 2. The van der Waals surface area contributed by atoms with Gasteiger partial charge in [0.15, 0.2) is 5.75 Å². The lowest BCUT2D eigenvalue weighted by Gasteiger charge is -2.12. The van der Waals surface area contributed by atoms with Crippen LogP contribution in [0.15, 0.2) is 26.7 Å². The van der Waals surface area contributed by atoms with Crippen molar-refractivity contribution in [3.63, 3.8) is 0 Å². The summed E-state index contributed by atoms with van der Waals surface area (Å²) in [5.74, 6) is -2.69. The number of aryl methyl sites for hydroxylation is 1. The summed E-state index contributed by atoms with van der Waals surface area (Å²) in [5.41, 5.74) is 0.318. The van der Waals surface area contributed by atoms with E-state index in [0.29, 0.717) is 17.3 Å². The second-order valence-corrected chi connectivity index (χ2v) is 6.27. The molecule has 0 atom stereocenters. The lowest BCUT2D eigenvalue weighted by molar-refractivity contribution is -0.307. The number of carboxylic acid groups (broad SMARTS) is 2. The molecule has 0 amide bonds. The highest BCUT2D eigenvalue weighted by Crippen LogP contribution is 2.36. The minimum Gasteiger partial charge on any atom is -0.546 e. The van der Waals surface area contributed by atoms with Crippen LogP contribution in [0.25, 0.3) is 6.08 Å². The van der Waals surface area contributed by atoms with E-state index in [1.54, 1.807) is 6.92 Å². The Kier molecular flexibility index (Phi) is 6.29. The van der Waals surface area contributed by atoms with Crippen LogP contribution in [-0.4, -0.2) is 28.7 Å². The molecule has 132 valence electrons. The molecule has 1 aromatic heterocycles. The molecule has 0 radical (unpaired) electrons. The number of nitrogens with zero attached hydrogens (tertiary/aromatic N) is 2. The minimum absolute atomic E-state index is 0.00340. The molecular formula is C14H8Cl2N2O6S-2. The van der Waals surface area contributed by atoms with Crippen molar-refractivity contribution in [2.45, 2.75) is 12.1 Å². The molecule has 0 saturated carbocycles. The largest absolute Gasteiger partial charge is 0.546 e. The first-order valence-corrected chi connectivity index (χ1v) is 8.06. The van der Waals surface area contributed by atoms with Gasteiger partial charge in [-0.1, -0.05) is 23.2 Å². The molecule has 2 aromatic rings. The number of aliphatic carboxylic acids is 2. The molecule has 25 heavy (non-hydrogen) atoms. The third kappa shape index (κ3) is 5.38. The van der Waals surface area contributed by atoms with Gasteiger partial charge in [-0.2, -0.15) is 0 Å². The molecule has 0 aliphatic rings. The highest BCUT2D eigenvalue weighted by atomic mass is 35.5. The van der Waals surface area contributed by atoms with Crippen molar-refractivity contribution in [3.05, 3.63) is 38.5 Å². The van der Waals surface area contributed by atoms with Crippen LogP contribution < -0.4 is 14.9 Å². The zero-order valence-corrected chi connectivity index (χ0v) is 14.8. The third-order valence-electron chi connectivity index (χ3n) is 2.56. The van der Waals surface area contributed by atoms with Crippen LogP contribution in [0, 0.1) is 6.92 Å². The average molecular weight is 403 g/mol. The van der Waals surface area contributed by atoms with Crippen molar-refractivity contribution < 1.29 is 29.0 Å². The summed E-state index contributed by atoms with van der Waals surface area (Å²) in [6, 6.07) is 2.70. The lowest BCUT2D eigenvalue weighted by Crippen LogP contribution is -2.29. The van der Waals surface area contributed by atoms with Gasteiger partial charge < -0.3 is 29.0 Å². The highest BCUT2D eigenvalue weighted by molar-refractivity contribution is 8.03. The molecule has 0 aliphatic carbocycles. The zero-order chi connectivity index (χ0) is 18.6. The number of carbonyl (C=O) groups is 2. The average Bonchev–Trinajstić information content (AvgIpc) is 2.90. The summed E-state index contributed by atoms with van der Waals surface area (Å²) < 4.78 is 10.0. The fourth-order valence-corrected chi connectivity index (χ4v) is 2.95. The first-order chi connectivity index (χ1) is 11.8. The summed E-state index contributed by atoms with van der Waals surface area (Å²) in [5, 5.41) is 29.0. The molecular weight excluding hydrogens is 395 g/mol. The van der Waals surface area contributed by atoms with E-state index in [9.17, 15) is 19.8 Å². The molecule has 1 aromatic carbocycles. The van der Waals surface area contributed by atoms with Crippen LogP contribution in [0.3, 0.4) is 0 Å². The quantitative estimate of drug-likeness (QED) is 0.484. The fourth-order valence-electron chi connectivity index (χ4n) is 1.63. The Hall–Kier alpha value is -2.23. The fraction of sp³-hybridized carbons (Fsp3) is 0.143. The monoisotopic (exact) mass is 402 g/mol. The van der Waals surface area contributed by atoms with Gasteiger partial charge in [0, 0.05) is 11.8 Å². The van der Waals surface area contributed by atoms with Gasteiger partial charge in [-0.25, -0.2) is 0 Å². The van der Waals surface area contributed by atoms with Crippen LogP contribution in [0.5, 0.6) is 5.75 Å². The minimum atomic E-state index is -1.47. The Bertz CT molecular complexity index is 829. The van der Waals surface area contributed by atoms with E-state index in [2.05, 4.69) is 10.2 Å². The number of hydrogen-bond donors (Lipinski definition) is 0. The molecule has 0 saturated heterocycles.